The molecule has 3 aliphatic rings. The molecule has 2 aliphatic carbocycles. The van der Waals surface area contributed by atoms with E-state index in [9.17, 15) is 9.90 Å². The number of carbonyl (C=O) groups is 1. The van der Waals surface area contributed by atoms with Gasteiger partial charge in [0.25, 0.3) is 0 Å². The number of benzene rings is 1. The molecule has 2 fully saturated rings. The molecule has 1 aliphatic heterocycles. The summed E-state index contributed by atoms with van der Waals surface area (Å²) in [5, 5.41) is 10.1. The van der Waals surface area contributed by atoms with E-state index in [2.05, 4.69) is 19.6 Å². The normalized spacial score (nSPS) is 33.4. The maximum Gasteiger partial charge on any atom is 0.410 e. The minimum Gasteiger partial charge on any atom is -0.508 e. The highest BCUT2D eigenvalue weighted by molar-refractivity contribution is 5.70. The average molecular weight is 398 g/mol. The minimum absolute atomic E-state index is 0.0217. The first-order chi connectivity index (χ1) is 13.6. The van der Waals surface area contributed by atoms with Crippen molar-refractivity contribution in [1.82, 2.24) is 4.90 Å². The van der Waals surface area contributed by atoms with Crippen LogP contribution in [-0.2, 0) is 11.2 Å². The van der Waals surface area contributed by atoms with Crippen LogP contribution in [0.1, 0.15) is 77.0 Å². The molecule has 0 radical (unpaired) electrons. The summed E-state index contributed by atoms with van der Waals surface area (Å²) in [4.78, 5) is 15.5. The van der Waals surface area contributed by atoms with E-state index in [4.69, 9.17) is 4.74 Å². The van der Waals surface area contributed by atoms with Crippen LogP contribution in [0.3, 0.4) is 0 Å². The van der Waals surface area contributed by atoms with Crippen molar-refractivity contribution in [2.45, 2.75) is 77.9 Å². The molecule has 0 aromatic heterocycles. The Morgan fingerprint density at radius 1 is 1.38 bits per heavy atom. The Balaban J connectivity index is 1.91. The van der Waals surface area contributed by atoms with Crippen LogP contribution in [-0.4, -0.2) is 28.2 Å². The Bertz CT molecular complexity index is 826. The average Bonchev–Trinajstić information content (AvgIpc) is 2.69. The molecular formula is C25H35NO3. The lowest BCUT2D eigenvalue weighted by Gasteiger charge is -2.63. The lowest BCUT2D eigenvalue weighted by Crippen LogP contribution is -2.62. The maximum atomic E-state index is 13.5. The highest BCUT2D eigenvalue weighted by atomic mass is 16.6. The van der Waals surface area contributed by atoms with Gasteiger partial charge in [-0.3, -0.25) is 0 Å². The number of aryl methyl sites for hydroxylation is 1. The molecule has 4 heteroatoms. The van der Waals surface area contributed by atoms with E-state index in [1.54, 1.807) is 6.07 Å². The van der Waals surface area contributed by atoms with Crippen LogP contribution < -0.4 is 0 Å². The number of phenols is 1. The number of hydrogen-bond acceptors (Lipinski definition) is 3. The van der Waals surface area contributed by atoms with Gasteiger partial charge >= 0.3 is 6.09 Å². The molecule has 29 heavy (non-hydrogen) atoms. The van der Waals surface area contributed by atoms with Gasteiger partial charge in [-0.15, -0.1) is 6.58 Å². The molecule has 4 rings (SSSR count). The van der Waals surface area contributed by atoms with Crippen LogP contribution in [0.15, 0.2) is 30.9 Å². The van der Waals surface area contributed by atoms with E-state index >= 15 is 0 Å². The molecule has 1 saturated carbocycles. The van der Waals surface area contributed by atoms with Crippen molar-refractivity contribution in [1.29, 1.82) is 0 Å². The fourth-order valence-corrected chi connectivity index (χ4v) is 6.78. The standard InChI is InChI=1S/C25H35NO3/c1-6-12-25-14-7-13-24(5)16-26(22(28)29-23(2,3)4)21(25)19-10-9-18(27)15-17(19)8-11-20(24)25/h6,9-10,15,20-21,27H,1,7-8,11-14,16H2,2-5H3. The van der Waals surface area contributed by atoms with Gasteiger partial charge in [-0.1, -0.05) is 25.5 Å². The smallest absolute Gasteiger partial charge is 0.410 e. The summed E-state index contributed by atoms with van der Waals surface area (Å²) in [7, 11) is 0. The van der Waals surface area contributed by atoms with E-state index in [1.807, 2.05) is 37.8 Å². The van der Waals surface area contributed by atoms with E-state index < -0.39 is 5.60 Å². The SMILES string of the molecule is C=CCC12CCCC3(C)CN(C(=O)OC(C)(C)C)C1c1ccc(O)cc1CCC32. The van der Waals surface area contributed by atoms with Crippen molar-refractivity contribution in [3.63, 3.8) is 0 Å². The predicted octanol–water partition coefficient (Wildman–Crippen LogP) is 6.00. The third-order valence-corrected chi connectivity index (χ3v) is 7.59. The van der Waals surface area contributed by atoms with Crippen LogP contribution in [0.2, 0.25) is 0 Å². The summed E-state index contributed by atoms with van der Waals surface area (Å²) in [5.74, 6) is 0.830. The number of ether oxygens (including phenoxy) is 1. The molecule has 0 spiro atoms. The van der Waals surface area contributed by atoms with Gasteiger partial charge in [-0.05, 0) is 87.5 Å². The van der Waals surface area contributed by atoms with Crippen molar-refractivity contribution in [3.8, 4) is 5.75 Å². The summed E-state index contributed by atoms with van der Waals surface area (Å²) in [6, 6.07) is 5.67. The van der Waals surface area contributed by atoms with Crippen molar-refractivity contribution < 1.29 is 14.6 Å². The van der Waals surface area contributed by atoms with Crippen LogP contribution in [0.25, 0.3) is 0 Å². The molecule has 1 aromatic carbocycles. The number of carbonyl (C=O) groups excluding carboxylic acids is 1. The second-order valence-electron chi connectivity index (χ2n) is 10.7. The maximum absolute atomic E-state index is 13.5. The number of hydrogen-bond donors (Lipinski definition) is 1. The van der Waals surface area contributed by atoms with E-state index in [-0.39, 0.29) is 23.0 Å². The Morgan fingerprint density at radius 3 is 2.83 bits per heavy atom. The fourth-order valence-electron chi connectivity index (χ4n) is 6.78. The number of phenolic OH excluding ortho intramolecular Hbond substituents is 1. The molecule has 1 saturated heterocycles. The monoisotopic (exact) mass is 397 g/mol. The van der Waals surface area contributed by atoms with Crippen LogP contribution in [0, 0.1) is 16.7 Å². The van der Waals surface area contributed by atoms with Gasteiger partial charge in [0.15, 0.2) is 0 Å². The van der Waals surface area contributed by atoms with Gasteiger partial charge < -0.3 is 14.7 Å². The van der Waals surface area contributed by atoms with Crippen molar-refractivity contribution in [3.05, 3.63) is 42.0 Å². The quantitative estimate of drug-likeness (QED) is 0.623. The van der Waals surface area contributed by atoms with Crippen LogP contribution in [0.5, 0.6) is 5.75 Å². The Hall–Kier alpha value is -1.97. The first-order valence-corrected chi connectivity index (χ1v) is 11.0. The number of allylic oxidation sites excluding steroid dienone is 1. The summed E-state index contributed by atoms with van der Waals surface area (Å²) >= 11 is 0. The number of amides is 1. The van der Waals surface area contributed by atoms with Crippen molar-refractivity contribution in [2.75, 3.05) is 6.54 Å². The van der Waals surface area contributed by atoms with E-state index in [0.29, 0.717) is 11.7 Å². The molecule has 1 N–H and O–H groups in total. The van der Waals surface area contributed by atoms with Crippen molar-refractivity contribution >= 4 is 6.09 Å². The van der Waals surface area contributed by atoms with Crippen LogP contribution >= 0.6 is 0 Å². The number of nitrogens with zero attached hydrogens (tertiary/aromatic N) is 1. The Kier molecular flexibility index (Phi) is 4.75. The van der Waals surface area contributed by atoms with E-state index in [0.717, 1.165) is 38.6 Å². The summed E-state index contributed by atoms with van der Waals surface area (Å²) in [6.07, 6.45) is 8.21. The lowest BCUT2D eigenvalue weighted by molar-refractivity contribution is -0.144. The molecule has 158 valence electrons. The Morgan fingerprint density at radius 2 is 2.14 bits per heavy atom. The molecule has 4 bridgehead atoms. The first kappa shape index (κ1) is 20.3. The summed E-state index contributed by atoms with van der Waals surface area (Å²) in [6.45, 7) is 13.0. The molecule has 4 nitrogen and oxygen atoms in total. The second kappa shape index (κ2) is 6.78. The molecule has 1 aromatic rings. The molecule has 4 unspecified atom stereocenters. The van der Waals surface area contributed by atoms with Gasteiger partial charge in [0.05, 0.1) is 6.04 Å². The molecule has 1 amide bonds. The second-order valence-corrected chi connectivity index (χ2v) is 10.7. The largest absolute Gasteiger partial charge is 0.508 e. The third kappa shape index (κ3) is 3.25. The number of rotatable bonds is 2. The van der Waals surface area contributed by atoms with Gasteiger partial charge in [-0.25, -0.2) is 4.79 Å². The zero-order valence-electron chi connectivity index (χ0n) is 18.3. The molecular weight excluding hydrogens is 362 g/mol. The van der Waals surface area contributed by atoms with Gasteiger partial charge in [0.1, 0.15) is 11.4 Å². The van der Waals surface area contributed by atoms with Gasteiger partial charge in [0, 0.05) is 12.0 Å². The molecule has 1 heterocycles. The molecule has 4 atom stereocenters. The number of fused-ring (bicyclic) bond motifs is 2. The topological polar surface area (TPSA) is 49.8 Å². The third-order valence-electron chi connectivity index (χ3n) is 7.59. The zero-order chi connectivity index (χ0) is 21.0. The zero-order valence-corrected chi connectivity index (χ0v) is 18.3. The number of likely N-dealkylation sites (tertiary alicyclic amines) is 1. The fraction of sp³-hybridized carbons (Fsp3) is 0.640. The summed E-state index contributed by atoms with van der Waals surface area (Å²) < 4.78 is 5.89. The van der Waals surface area contributed by atoms with Crippen LogP contribution in [0.4, 0.5) is 4.79 Å². The van der Waals surface area contributed by atoms with Crippen molar-refractivity contribution in [2.24, 2.45) is 16.7 Å². The number of aromatic hydroxyl groups is 1. The first-order valence-electron chi connectivity index (χ1n) is 11.0. The minimum atomic E-state index is -0.530. The highest BCUT2D eigenvalue weighted by Gasteiger charge is 2.62. The predicted molar refractivity (Wildman–Crippen MR) is 115 cm³/mol. The highest BCUT2D eigenvalue weighted by Crippen LogP contribution is 2.67. The van der Waals surface area contributed by atoms with E-state index in [1.165, 1.54) is 17.5 Å². The van der Waals surface area contributed by atoms with Gasteiger partial charge in [0.2, 0.25) is 0 Å². The Labute approximate surface area is 174 Å². The summed E-state index contributed by atoms with van der Waals surface area (Å²) in [5.41, 5.74) is 1.88. The van der Waals surface area contributed by atoms with Gasteiger partial charge in [-0.2, -0.15) is 0 Å². The lowest BCUT2D eigenvalue weighted by atomic mass is 9.48. The number of piperidine rings is 1.